The van der Waals surface area contributed by atoms with Crippen molar-refractivity contribution in [3.8, 4) is 11.5 Å². The number of ether oxygens (including phenoxy) is 2. The summed E-state index contributed by atoms with van der Waals surface area (Å²) in [7, 11) is 3.24. The van der Waals surface area contributed by atoms with E-state index in [2.05, 4.69) is 21.6 Å². The van der Waals surface area contributed by atoms with Gasteiger partial charge in [0.2, 0.25) is 5.91 Å². The van der Waals surface area contributed by atoms with Crippen molar-refractivity contribution < 1.29 is 14.3 Å². The highest BCUT2D eigenvalue weighted by molar-refractivity contribution is 7.99. The largest absolute Gasteiger partial charge is 0.497 e. The molecular formula is C21H20N4O3S. The molecule has 0 aliphatic rings. The average molecular weight is 408 g/mol. The van der Waals surface area contributed by atoms with Crippen LogP contribution < -0.4 is 14.8 Å². The van der Waals surface area contributed by atoms with Crippen LogP contribution in [0.25, 0.3) is 16.6 Å². The Labute approximate surface area is 172 Å². The van der Waals surface area contributed by atoms with Crippen LogP contribution in [0.5, 0.6) is 11.5 Å². The highest BCUT2D eigenvalue weighted by Gasteiger charge is 2.14. The zero-order valence-corrected chi connectivity index (χ0v) is 17.1. The molecule has 1 amide bonds. The number of nitrogens with zero attached hydrogens (tertiary/aromatic N) is 3. The number of nitrogens with one attached hydrogen (secondary N) is 1. The molecule has 4 aromatic rings. The number of fused-ring (bicyclic) bond motifs is 3. The van der Waals surface area contributed by atoms with E-state index in [-0.39, 0.29) is 11.7 Å². The number of anilines is 1. The lowest BCUT2D eigenvalue weighted by atomic mass is 10.1. The van der Waals surface area contributed by atoms with Crippen LogP contribution in [0.3, 0.4) is 0 Å². The van der Waals surface area contributed by atoms with Gasteiger partial charge < -0.3 is 14.8 Å². The number of rotatable bonds is 6. The standard InChI is InChI=1S/C21H20N4O3S/c1-13-9-14-10-17(28-3)7-8-18(14)25-20(13)23-24-21(25)29-12-19(26)22-15-5-4-6-16(11-15)27-2/h4-11H,12H2,1-3H3,(H,22,26). The maximum atomic E-state index is 12.4. The van der Waals surface area contributed by atoms with E-state index in [1.807, 2.05) is 47.7 Å². The third-order valence-electron chi connectivity index (χ3n) is 4.52. The molecule has 0 unspecified atom stereocenters. The van der Waals surface area contributed by atoms with Crippen LogP contribution in [0.2, 0.25) is 0 Å². The van der Waals surface area contributed by atoms with Gasteiger partial charge in [-0.1, -0.05) is 17.8 Å². The molecule has 2 heterocycles. The zero-order chi connectivity index (χ0) is 20.4. The van der Waals surface area contributed by atoms with E-state index in [4.69, 9.17) is 9.47 Å². The Bertz CT molecular complexity index is 1210. The van der Waals surface area contributed by atoms with E-state index >= 15 is 0 Å². The van der Waals surface area contributed by atoms with Crippen molar-refractivity contribution in [1.82, 2.24) is 14.6 Å². The molecule has 0 saturated carbocycles. The van der Waals surface area contributed by atoms with Gasteiger partial charge in [0.25, 0.3) is 0 Å². The number of aryl methyl sites for hydroxylation is 1. The van der Waals surface area contributed by atoms with Gasteiger partial charge in [-0.25, -0.2) is 0 Å². The highest BCUT2D eigenvalue weighted by Crippen LogP contribution is 2.28. The van der Waals surface area contributed by atoms with Gasteiger partial charge in [-0.15, -0.1) is 10.2 Å². The van der Waals surface area contributed by atoms with Crippen molar-refractivity contribution in [3.05, 3.63) is 54.1 Å². The molecule has 2 aromatic carbocycles. The van der Waals surface area contributed by atoms with Crippen LogP contribution in [0.15, 0.2) is 53.7 Å². The molecular weight excluding hydrogens is 388 g/mol. The van der Waals surface area contributed by atoms with Crippen molar-refractivity contribution in [2.24, 2.45) is 0 Å². The fourth-order valence-electron chi connectivity index (χ4n) is 3.14. The van der Waals surface area contributed by atoms with Crippen LogP contribution >= 0.6 is 11.8 Å². The van der Waals surface area contributed by atoms with E-state index in [0.29, 0.717) is 16.6 Å². The van der Waals surface area contributed by atoms with Crippen molar-refractivity contribution in [1.29, 1.82) is 0 Å². The van der Waals surface area contributed by atoms with Gasteiger partial charge in [0.05, 0.1) is 25.5 Å². The minimum atomic E-state index is -0.126. The summed E-state index contributed by atoms with van der Waals surface area (Å²) in [4.78, 5) is 12.4. The summed E-state index contributed by atoms with van der Waals surface area (Å²) < 4.78 is 12.5. The normalized spacial score (nSPS) is 11.0. The monoisotopic (exact) mass is 408 g/mol. The minimum absolute atomic E-state index is 0.126. The number of methoxy groups -OCH3 is 2. The Morgan fingerprint density at radius 2 is 1.86 bits per heavy atom. The van der Waals surface area contributed by atoms with E-state index in [1.165, 1.54) is 11.8 Å². The first kappa shape index (κ1) is 19.1. The molecule has 0 fully saturated rings. The number of benzene rings is 2. The first-order valence-electron chi connectivity index (χ1n) is 8.98. The van der Waals surface area contributed by atoms with E-state index in [9.17, 15) is 4.79 Å². The van der Waals surface area contributed by atoms with E-state index < -0.39 is 0 Å². The summed E-state index contributed by atoms with van der Waals surface area (Å²) in [5.41, 5.74) is 3.44. The fourth-order valence-corrected chi connectivity index (χ4v) is 3.89. The van der Waals surface area contributed by atoms with Gasteiger partial charge in [-0.2, -0.15) is 0 Å². The molecule has 0 radical (unpaired) electrons. The lowest BCUT2D eigenvalue weighted by Crippen LogP contribution is -2.14. The third-order valence-corrected chi connectivity index (χ3v) is 5.45. The number of carbonyl (C=O) groups is 1. The maximum Gasteiger partial charge on any atom is 0.234 e. The Balaban J connectivity index is 1.58. The van der Waals surface area contributed by atoms with E-state index in [0.717, 1.165) is 27.9 Å². The van der Waals surface area contributed by atoms with E-state index in [1.54, 1.807) is 20.3 Å². The van der Waals surface area contributed by atoms with Gasteiger partial charge >= 0.3 is 0 Å². The fraction of sp³-hybridized carbons (Fsp3) is 0.190. The summed E-state index contributed by atoms with van der Waals surface area (Å²) in [5.74, 6) is 1.56. The number of amides is 1. The van der Waals surface area contributed by atoms with Crippen LogP contribution in [0, 0.1) is 6.92 Å². The smallest absolute Gasteiger partial charge is 0.234 e. The molecule has 8 heteroatoms. The number of hydrogen-bond acceptors (Lipinski definition) is 6. The lowest BCUT2D eigenvalue weighted by Gasteiger charge is -2.09. The second kappa shape index (κ2) is 8.00. The maximum absolute atomic E-state index is 12.4. The number of thioether (sulfide) groups is 1. The van der Waals surface area contributed by atoms with Crippen LogP contribution in [-0.4, -0.2) is 40.5 Å². The van der Waals surface area contributed by atoms with Gasteiger partial charge in [0, 0.05) is 17.1 Å². The first-order valence-corrected chi connectivity index (χ1v) is 9.97. The van der Waals surface area contributed by atoms with Gasteiger partial charge in [0.1, 0.15) is 11.5 Å². The second-order valence-corrected chi connectivity index (χ2v) is 7.40. The van der Waals surface area contributed by atoms with Crippen molar-refractivity contribution in [2.45, 2.75) is 12.1 Å². The first-order chi connectivity index (χ1) is 14.1. The Hall–Kier alpha value is -3.26. The van der Waals surface area contributed by atoms with Gasteiger partial charge in [-0.3, -0.25) is 9.20 Å². The molecule has 1 N–H and O–H groups in total. The van der Waals surface area contributed by atoms with Crippen molar-refractivity contribution in [2.75, 3.05) is 25.3 Å². The molecule has 0 spiro atoms. The number of aromatic nitrogens is 3. The minimum Gasteiger partial charge on any atom is -0.497 e. The zero-order valence-electron chi connectivity index (χ0n) is 16.3. The summed E-state index contributed by atoms with van der Waals surface area (Å²) in [6.45, 7) is 1.99. The van der Waals surface area contributed by atoms with Crippen molar-refractivity contribution >= 4 is 39.9 Å². The summed E-state index contributed by atoms with van der Waals surface area (Å²) in [6, 6.07) is 15.2. The predicted molar refractivity (Wildman–Crippen MR) is 114 cm³/mol. The quantitative estimate of drug-likeness (QED) is 0.487. The molecule has 4 rings (SSSR count). The molecule has 2 aromatic heterocycles. The SMILES string of the molecule is COc1cccc(NC(=O)CSc2nnc3c(C)cc4cc(OC)ccc4n23)c1. The second-order valence-electron chi connectivity index (χ2n) is 6.46. The Morgan fingerprint density at radius 1 is 1.07 bits per heavy atom. The van der Waals surface area contributed by atoms with Gasteiger partial charge in [0.15, 0.2) is 10.8 Å². The molecule has 0 atom stereocenters. The molecule has 7 nitrogen and oxygen atoms in total. The number of carbonyl (C=O) groups excluding carboxylic acids is 1. The van der Waals surface area contributed by atoms with Crippen LogP contribution in [-0.2, 0) is 4.79 Å². The Morgan fingerprint density at radius 3 is 2.66 bits per heavy atom. The van der Waals surface area contributed by atoms with Crippen LogP contribution in [0.1, 0.15) is 5.56 Å². The summed E-state index contributed by atoms with van der Waals surface area (Å²) >= 11 is 1.34. The molecule has 0 bridgehead atoms. The topological polar surface area (TPSA) is 77.8 Å². The predicted octanol–water partition coefficient (Wildman–Crippen LogP) is 3.94. The molecule has 29 heavy (non-hydrogen) atoms. The van der Waals surface area contributed by atoms with Crippen molar-refractivity contribution in [3.63, 3.8) is 0 Å². The number of hydrogen-bond donors (Lipinski definition) is 1. The molecule has 0 aliphatic heterocycles. The average Bonchev–Trinajstić information content (AvgIpc) is 3.17. The van der Waals surface area contributed by atoms with Gasteiger partial charge in [-0.05, 0) is 48.9 Å². The molecule has 0 saturated heterocycles. The lowest BCUT2D eigenvalue weighted by molar-refractivity contribution is -0.113. The Kier molecular flexibility index (Phi) is 5.26. The molecule has 0 aliphatic carbocycles. The highest BCUT2D eigenvalue weighted by atomic mass is 32.2. The molecule has 148 valence electrons. The summed E-state index contributed by atoms with van der Waals surface area (Å²) in [5, 5.41) is 13.2. The third kappa shape index (κ3) is 3.84. The number of pyridine rings is 1. The van der Waals surface area contributed by atoms with Crippen LogP contribution in [0.4, 0.5) is 5.69 Å². The summed E-state index contributed by atoms with van der Waals surface area (Å²) in [6.07, 6.45) is 0.